The van der Waals surface area contributed by atoms with Gasteiger partial charge in [0.15, 0.2) is 11.5 Å². The van der Waals surface area contributed by atoms with E-state index in [1.807, 2.05) is 31.2 Å². The summed E-state index contributed by atoms with van der Waals surface area (Å²) in [6.07, 6.45) is 0. The molecule has 0 atom stereocenters. The molecule has 0 aliphatic carbocycles. The third-order valence-corrected chi connectivity index (χ3v) is 4.73. The van der Waals surface area contributed by atoms with Gasteiger partial charge in [-0.2, -0.15) is 0 Å². The minimum atomic E-state index is -0.416. The molecule has 8 heteroatoms. The van der Waals surface area contributed by atoms with Crippen LogP contribution in [0.1, 0.15) is 6.92 Å². The van der Waals surface area contributed by atoms with Crippen LogP contribution in [0.15, 0.2) is 38.9 Å². The Morgan fingerprint density at radius 3 is 2.60 bits per heavy atom. The lowest BCUT2D eigenvalue weighted by molar-refractivity contribution is 0.415. The summed E-state index contributed by atoms with van der Waals surface area (Å²) in [5.74, 6) is 1.88. The number of aryl methyl sites for hydroxylation is 1. The number of thioether (sulfide) groups is 1. The maximum absolute atomic E-state index is 12.6. The minimum absolute atomic E-state index is 0.330. The summed E-state index contributed by atoms with van der Waals surface area (Å²) < 4.78 is 7.71. The number of rotatable bonds is 4. The van der Waals surface area contributed by atoms with Gasteiger partial charge in [0.2, 0.25) is 0 Å². The molecular formula is C17H18N4O3S. The maximum atomic E-state index is 12.6. The van der Waals surface area contributed by atoms with Gasteiger partial charge in [-0.1, -0.05) is 19.1 Å². The van der Waals surface area contributed by atoms with Gasteiger partial charge in [0.1, 0.15) is 16.2 Å². The predicted molar refractivity (Wildman–Crippen MR) is 98.4 cm³/mol. The number of hydrogen-bond donors (Lipinski definition) is 0. The van der Waals surface area contributed by atoms with Crippen LogP contribution in [0, 0.1) is 0 Å². The first kappa shape index (κ1) is 17.2. The number of aromatic nitrogens is 4. The Morgan fingerprint density at radius 1 is 1.16 bits per heavy atom. The second kappa shape index (κ2) is 6.72. The highest BCUT2D eigenvalue weighted by molar-refractivity contribution is 7.99. The molecule has 25 heavy (non-hydrogen) atoms. The van der Waals surface area contributed by atoms with Gasteiger partial charge in [0.05, 0.1) is 7.11 Å². The quantitative estimate of drug-likeness (QED) is 0.523. The van der Waals surface area contributed by atoms with Crippen molar-refractivity contribution in [3.8, 4) is 17.1 Å². The van der Waals surface area contributed by atoms with E-state index in [2.05, 4.69) is 9.97 Å². The average Bonchev–Trinajstić information content (AvgIpc) is 2.64. The number of fused-ring (bicyclic) bond motifs is 1. The predicted octanol–water partition coefficient (Wildman–Crippen LogP) is 1.81. The van der Waals surface area contributed by atoms with Crippen LogP contribution < -0.4 is 16.0 Å². The van der Waals surface area contributed by atoms with Gasteiger partial charge in [0.25, 0.3) is 5.56 Å². The first-order valence-corrected chi connectivity index (χ1v) is 8.71. The summed E-state index contributed by atoms with van der Waals surface area (Å²) in [5, 5.41) is 0.935. The monoisotopic (exact) mass is 358 g/mol. The number of benzene rings is 1. The molecule has 1 aromatic carbocycles. The Balaban J connectivity index is 2.40. The van der Waals surface area contributed by atoms with Gasteiger partial charge in [-0.15, -0.1) is 11.8 Å². The molecule has 0 saturated carbocycles. The first-order valence-electron chi connectivity index (χ1n) is 7.73. The molecule has 0 unspecified atom stereocenters. The van der Waals surface area contributed by atoms with Crippen LogP contribution in [-0.2, 0) is 14.1 Å². The molecular weight excluding hydrogens is 340 g/mol. The number of ether oxygens (including phenoxy) is 1. The van der Waals surface area contributed by atoms with Crippen LogP contribution >= 0.6 is 11.8 Å². The lowest BCUT2D eigenvalue weighted by Gasteiger charge is -2.12. The fourth-order valence-corrected chi connectivity index (χ4v) is 3.31. The van der Waals surface area contributed by atoms with E-state index in [0.29, 0.717) is 27.6 Å². The second-order valence-electron chi connectivity index (χ2n) is 5.42. The SMILES string of the molecule is CCSc1nc(-c2cccc(OC)c2)nc2c1c(=O)n(C)c(=O)n2C. The van der Waals surface area contributed by atoms with Crippen molar-refractivity contribution in [2.45, 2.75) is 11.9 Å². The van der Waals surface area contributed by atoms with Crippen LogP contribution in [0.3, 0.4) is 0 Å². The third-order valence-electron chi connectivity index (χ3n) is 3.88. The molecule has 2 heterocycles. The minimum Gasteiger partial charge on any atom is -0.497 e. The molecule has 0 radical (unpaired) electrons. The van der Waals surface area contributed by atoms with E-state index in [1.54, 1.807) is 14.2 Å². The summed E-state index contributed by atoms with van der Waals surface area (Å²) in [4.78, 5) is 33.9. The molecule has 0 spiro atoms. The van der Waals surface area contributed by atoms with E-state index in [9.17, 15) is 9.59 Å². The smallest absolute Gasteiger partial charge is 0.332 e. The van der Waals surface area contributed by atoms with E-state index in [0.717, 1.165) is 15.9 Å². The van der Waals surface area contributed by atoms with Crippen LogP contribution in [-0.4, -0.2) is 32.0 Å². The van der Waals surface area contributed by atoms with Gasteiger partial charge in [-0.25, -0.2) is 14.8 Å². The van der Waals surface area contributed by atoms with Crippen LogP contribution in [0.4, 0.5) is 0 Å². The molecule has 0 aliphatic rings. The normalized spacial score (nSPS) is 11.0. The van der Waals surface area contributed by atoms with E-state index < -0.39 is 5.69 Å². The zero-order chi connectivity index (χ0) is 18.1. The molecule has 3 rings (SSSR count). The number of methoxy groups -OCH3 is 1. The molecule has 2 aromatic heterocycles. The van der Waals surface area contributed by atoms with Crippen molar-refractivity contribution in [2.24, 2.45) is 14.1 Å². The number of hydrogen-bond acceptors (Lipinski definition) is 6. The lowest BCUT2D eigenvalue weighted by Crippen LogP contribution is -2.37. The molecule has 0 amide bonds. The van der Waals surface area contributed by atoms with Crippen molar-refractivity contribution in [1.29, 1.82) is 0 Å². The largest absolute Gasteiger partial charge is 0.497 e. The fraction of sp³-hybridized carbons (Fsp3) is 0.294. The standard InChI is InChI=1S/C17H18N4O3S/c1-5-25-15-12-14(20(2)17(23)21(3)16(12)22)18-13(19-15)10-7-6-8-11(9-10)24-4/h6-9H,5H2,1-4H3. The molecule has 0 bridgehead atoms. The molecule has 0 N–H and O–H groups in total. The molecule has 0 aliphatic heterocycles. The first-order chi connectivity index (χ1) is 12.0. The third kappa shape index (κ3) is 2.93. The van der Waals surface area contributed by atoms with Crippen LogP contribution in [0.25, 0.3) is 22.4 Å². The lowest BCUT2D eigenvalue weighted by atomic mass is 10.2. The van der Waals surface area contributed by atoms with Crippen molar-refractivity contribution >= 4 is 22.8 Å². The molecule has 7 nitrogen and oxygen atoms in total. The highest BCUT2D eigenvalue weighted by Gasteiger charge is 2.17. The number of nitrogens with zero attached hydrogens (tertiary/aromatic N) is 4. The highest BCUT2D eigenvalue weighted by Crippen LogP contribution is 2.27. The van der Waals surface area contributed by atoms with Crippen molar-refractivity contribution in [2.75, 3.05) is 12.9 Å². The summed E-state index contributed by atoms with van der Waals surface area (Å²) in [6.45, 7) is 1.98. The van der Waals surface area contributed by atoms with E-state index >= 15 is 0 Å². The van der Waals surface area contributed by atoms with E-state index in [-0.39, 0.29) is 5.56 Å². The van der Waals surface area contributed by atoms with Gasteiger partial charge in [0, 0.05) is 19.7 Å². The maximum Gasteiger partial charge on any atom is 0.332 e. The second-order valence-corrected chi connectivity index (χ2v) is 6.67. The average molecular weight is 358 g/mol. The van der Waals surface area contributed by atoms with Gasteiger partial charge >= 0.3 is 5.69 Å². The zero-order valence-corrected chi connectivity index (χ0v) is 15.3. The van der Waals surface area contributed by atoms with Gasteiger partial charge < -0.3 is 4.74 Å². The summed E-state index contributed by atoms with van der Waals surface area (Å²) in [6, 6.07) is 7.36. The van der Waals surface area contributed by atoms with Crippen molar-refractivity contribution < 1.29 is 4.74 Å². The topological polar surface area (TPSA) is 79.0 Å². The van der Waals surface area contributed by atoms with Crippen molar-refractivity contribution in [1.82, 2.24) is 19.1 Å². The van der Waals surface area contributed by atoms with E-state index in [4.69, 9.17) is 4.74 Å². The summed E-state index contributed by atoms with van der Waals surface area (Å²) in [5.41, 5.74) is 0.288. The van der Waals surface area contributed by atoms with Gasteiger partial charge in [-0.05, 0) is 17.9 Å². The summed E-state index contributed by atoms with van der Waals surface area (Å²) in [7, 11) is 4.65. The Hall–Kier alpha value is -2.61. The Labute approximate surface area is 148 Å². The fourth-order valence-electron chi connectivity index (χ4n) is 2.56. The highest BCUT2D eigenvalue weighted by atomic mass is 32.2. The molecule has 0 fully saturated rings. The van der Waals surface area contributed by atoms with Crippen molar-refractivity contribution in [3.63, 3.8) is 0 Å². The summed E-state index contributed by atoms with van der Waals surface area (Å²) >= 11 is 1.45. The zero-order valence-electron chi connectivity index (χ0n) is 14.4. The Bertz CT molecular complexity index is 1070. The Kier molecular flexibility index (Phi) is 4.63. The molecule has 0 saturated heterocycles. The van der Waals surface area contributed by atoms with Crippen LogP contribution in [0.2, 0.25) is 0 Å². The molecule has 130 valence electrons. The van der Waals surface area contributed by atoms with E-state index in [1.165, 1.54) is 23.4 Å². The van der Waals surface area contributed by atoms with Crippen LogP contribution in [0.5, 0.6) is 5.75 Å². The Morgan fingerprint density at radius 2 is 1.92 bits per heavy atom. The van der Waals surface area contributed by atoms with Gasteiger partial charge in [-0.3, -0.25) is 13.9 Å². The van der Waals surface area contributed by atoms with Crippen molar-refractivity contribution in [3.05, 3.63) is 45.1 Å². The molecule has 3 aromatic rings.